The van der Waals surface area contributed by atoms with Crippen molar-refractivity contribution in [3.8, 4) is 0 Å². The van der Waals surface area contributed by atoms with Gasteiger partial charge in [-0.3, -0.25) is 28.8 Å². The Bertz CT molecular complexity index is 3850. The first-order valence-electron chi connectivity index (χ1n) is 47.2. The molecular formula is C94H148N6O25. The summed E-state index contributed by atoms with van der Waals surface area (Å²) < 4.78 is 91.6. The van der Waals surface area contributed by atoms with Crippen LogP contribution < -0.4 is 0 Å². The number of rotatable bonds is 34. The normalized spacial score (nSPS) is 41.0. The average molecular weight is 1760 g/mol. The Morgan fingerprint density at radius 2 is 0.848 bits per heavy atom. The van der Waals surface area contributed by atoms with Gasteiger partial charge in [-0.1, -0.05) is 121 Å². The van der Waals surface area contributed by atoms with Crippen LogP contribution in [0.15, 0.2) is 36.7 Å². The molecule has 0 bridgehead atoms. The Kier molecular flexibility index (Phi) is 31.0. The van der Waals surface area contributed by atoms with Gasteiger partial charge in [0.05, 0.1) is 133 Å². The third kappa shape index (κ3) is 20.1. The standard InChI is InChI=1S/C94H148N6O25/c1-21-65(85(107)108)69-29-27-51(7)81(116-69)59(15)77(103)57(13)79(105)67(23-3)83-53(9)43-55(11)91(120-83)37-33-73(93(124-91)41-39-87(19,122-93)71-31-35-89(111,25-5)61(17)114-71)118-75(101)47-99-45-63(95-97-99)49-113-50-64-46-100(98-96-64)48-76(102)119-74-34-38-92(125-94(74)42-40-88(20,123-94)72-32-36-90(112,26-6)62(18)115-72)56(12)44-54(10)84(121-92)68(24-4)80(106)58(14)78(104)60(16)82-52(8)28-30-70(117-82)66(22-2)86(109)110/h33-34,37-38,45-46,51-62,65-74,77-78,81-84,103-104,111-112H,21-32,35-36,39-44,47-50H2,1-20H3,(H,107,108)(H,109,110)/t51-,52-,53-,54-,55+,56+,57-,58-,59-,60-,61-,62-,65+,66+,67-,68-,69+,70+,71+,72+,73+,74+,77+,78+,81+,82+,83-,84-,87-,88-,89+,90+,91-,92-,93-,94-/m0/s1. The maximum Gasteiger partial charge on any atom is 0.328 e. The number of carboxylic acid groups (broad SMARTS) is 2. The van der Waals surface area contributed by atoms with Crippen molar-refractivity contribution in [2.45, 2.75) is 424 Å². The quantitative estimate of drug-likeness (QED) is 0.0280. The number of ketones is 2. The molecule has 704 valence electrons. The van der Waals surface area contributed by atoms with Crippen LogP contribution in [-0.4, -0.2) is 227 Å². The smallest absolute Gasteiger partial charge is 0.328 e. The third-order valence-electron chi connectivity index (χ3n) is 31.6. The summed E-state index contributed by atoms with van der Waals surface area (Å²) in [6, 6.07) is 0. The number of carboxylic acids is 2. The van der Waals surface area contributed by atoms with Gasteiger partial charge in [0.2, 0.25) is 11.6 Å². The predicted octanol–water partition coefficient (Wildman–Crippen LogP) is 12.1. The fraction of sp³-hybridized carbons (Fsp3) is 0.851. The lowest BCUT2D eigenvalue weighted by Crippen LogP contribution is -2.63. The highest BCUT2D eigenvalue weighted by Crippen LogP contribution is 2.58. The summed E-state index contributed by atoms with van der Waals surface area (Å²) in [5.74, 6) is -15.9. The molecule has 31 nitrogen and oxygen atoms in total. The number of nitrogens with zero attached hydrogens (tertiary/aromatic N) is 6. The Morgan fingerprint density at radius 1 is 0.480 bits per heavy atom. The zero-order valence-corrected chi connectivity index (χ0v) is 77.7. The van der Waals surface area contributed by atoms with Crippen LogP contribution in [0.25, 0.3) is 0 Å². The van der Waals surface area contributed by atoms with Crippen molar-refractivity contribution in [1.29, 1.82) is 0 Å². The minimum absolute atomic E-state index is 0.0266. The van der Waals surface area contributed by atoms with Gasteiger partial charge in [-0.15, -0.1) is 10.2 Å². The number of ether oxygens (including phenoxy) is 13. The second-order valence-electron chi connectivity index (χ2n) is 40.1. The Balaban J connectivity index is 0.695. The highest BCUT2D eigenvalue weighted by Gasteiger charge is 2.67. The molecule has 2 aromatic rings. The van der Waals surface area contributed by atoms with Crippen LogP contribution in [0.5, 0.6) is 0 Å². The molecule has 0 amide bonds. The Labute approximate surface area is 738 Å². The Morgan fingerprint density at radius 3 is 1.18 bits per heavy atom. The largest absolute Gasteiger partial charge is 0.481 e. The number of carbonyl (C=O) groups is 6. The van der Waals surface area contributed by atoms with E-state index in [9.17, 15) is 49.8 Å². The van der Waals surface area contributed by atoms with E-state index in [0.717, 1.165) is 12.8 Å². The lowest BCUT2D eigenvalue weighted by molar-refractivity contribution is -0.409. The summed E-state index contributed by atoms with van der Waals surface area (Å²) in [4.78, 5) is 83.4. The molecule has 12 heterocycles. The number of hydrogen-bond acceptors (Lipinski definition) is 27. The van der Waals surface area contributed by atoms with E-state index < -0.39 is 202 Å². The number of hydrogen-bond donors (Lipinski definition) is 6. The molecule has 31 heteroatoms. The summed E-state index contributed by atoms with van der Waals surface area (Å²) in [5, 5.41) is 84.4. The zero-order chi connectivity index (χ0) is 91.2. The Hall–Kier alpha value is -5.62. The maximum absolute atomic E-state index is 15.0. The molecule has 12 rings (SSSR count). The summed E-state index contributed by atoms with van der Waals surface area (Å²) >= 11 is 0. The summed E-state index contributed by atoms with van der Waals surface area (Å²) in [6.07, 6.45) is 10.2. The molecule has 2 aromatic heterocycles. The minimum atomic E-state index is -1.63. The predicted molar refractivity (Wildman–Crippen MR) is 454 cm³/mol. The monoisotopic (exact) mass is 1760 g/mol. The van der Waals surface area contributed by atoms with Gasteiger partial charge in [-0.05, 0) is 191 Å². The van der Waals surface area contributed by atoms with Gasteiger partial charge >= 0.3 is 23.9 Å². The second kappa shape index (κ2) is 39.4. The molecule has 8 fully saturated rings. The second-order valence-corrected chi connectivity index (χ2v) is 40.1. The van der Waals surface area contributed by atoms with Crippen LogP contribution in [0.3, 0.4) is 0 Å². The van der Waals surface area contributed by atoms with Gasteiger partial charge in [-0.25, -0.2) is 9.36 Å². The van der Waals surface area contributed by atoms with Crippen molar-refractivity contribution in [2.75, 3.05) is 0 Å². The number of aliphatic carboxylic acids is 2. The van der Waals surface area contributed by atoms with Crippen LogP contribution in [0.1, 0.15) is 278 Å². The first kappa shape index (κ1) is 98.4. The topological polar surface area (TPSA) is 405 Å². The van der Waals surface area contributed by atoms with Crippen LogP contribution in [0, 0.1) is 82.9 Å². The number of Topliss-reactive ketones (excluding diaryl/α,β-unsaturated/α-hetero) is 2. The molecule has 4 spiro atoms. The van der Waals surface area contributed by atoms with E-state index in [1.54, 1.807) is 50.5 Å². The number of aromatic nitrogens is 6. The molecule has 0 aromatic carbocycles. The molecule has 36 atom stereocenters. The highest BCUT2D eigenvalue weighted by atomic mass is 16.8. The van der Waals surface area contributed by atoms with E-state index in [1.165, 1.54) is 9.36 Å². The molecule has 6 N–H and O–H groups in total. The van der Waals surface area contributed by atoms with Gasteiger partial charge in [-0.2, -0.15) is 0 Å². The summed E-state index contributed by atoms with van der Waals surface area (Å²) in [5.41, 5.74) is -3.26. The first-order valence-corrected chi connectivity index (χ1v) is 47.2. The SMILES string of the molecule is CC[C@@H](C(=O)[C@@H](C)[C@@H](O)[C@H](C)[C@@H]1O[C@@H]([C@@H](CC)C(=O)O)CC[C@@H]1C)[C@H]1O[C@]2(C=C[C@@H](OC(=O)Cn3cc(COCc4cn(CC(=O)O[C@@H]5C=C[C@]6(O[C@H]([C@@H](CC)C(=O)[C@@H](C)[C@@H](O)[C@H](C)[C@@H]7O[C@@H]([C@@H](CC)C(=O)O)CC[C@@H]7C)[C@@H](C)C[C@H]6C)O[C@@]56CC[C@@](C)([C@H]5CC[C@](O)(CC)[C@H](C)O5)O6)nn4)nn3)[C@]3(CC[C@@](C)([C@H]4CC[C@](O)(CC)[C@H](C)O4)O3)O2)[C@H](C)C[C@@H]1C. The third-order valence-corrected chi connectivity index (χ3v) is 31.6. The lowest BCUT2D eigenvalue weighted by atomic mass is 9.72. The van der Waals surface area contributed by atoms with Crippen LogP contribution in [0.4, 0.5) is 0 Å². The van der Waals surface area contributed by atoms with Gasteiger partial charge in [0.25, 0.3) is 0 Å². The molecule has 0 radical (unpaired) electrons. The maximum atomic E-state index is 15.0. The van der Waals surface area contributed by atoms with E-state index in [4.69, 9.17) is 61.6 Å². The van der Waals surface area contributed by atoms with E-state index >= 15 is 9.59 Å². The van der Waals surface area contributed by atoms with Crippen molar-refractivity contribution in [3.05, 3.63) is 48.1 Å². The fourth-order valence-corrected chi connectivity index (χ4v) is 23.1. The van der Waals surface area contributed by atoms with E-state index in [0.29, 0.717) is 114 Å². The van der Waals surface area contributed by atoms with E-state index in [-0.39, 0.29) is 86.2 Å². The number of aliphatic hydroxyl groups excluding tert-OH is 2. The molecule has 10 aliphatic heterocycles. The molecular weight excluding hydrogens is 1610 g/mol. The van der Waals surface area contributed by atoms with Crippen LogP contribution in [-0.2, 0) is 117 Å². The van der Waals surface area contributed by atoms with Crippen molar-refractivity contribution in [3.63, 3.8) is 0 Å². The van der Waals surface area contributed by atoms with E-state index in [1.807, 2.05) is 111 Å². The fourth-order valence-electron chi connectivity index (χ4n) is 23.1. The first-order chi connectivity index (χ1) is 59.0. The molecule has 0 unspecified atom stereocenters. The van der Waals surface area contributed by atoms with Gasteiger partial charge in [0, 0.05) is 60.2 Å². The molecule has 125 heavy (non-hydrogen) atoms. The average Bonchev–Trinajstić information content (AvgIpc) is 1.62. The van der Waals surface area contributed by atoms with Gasteiger partial charge < -0.3 is 92.2 Å². The minimum Gasteiger partial charge on any atom is -0.481 e. The number of aliphatic hydroxyl groups is 4. The molecule has 10 aliphatic rings. The summed E-state index contributed by atoms with van der Waals surface area (Å²) in [6.45, 7) is 37.7. The van der Waals surface area contributed by atoms with Crippen molar-refractivity contribution in [1.82, 2.24) is 30.0 Å². The molecule has 0 saturated carbocycles. The number of esters is 2. The van der Waals surface area contributed by atoms with Crippen molar-refractivity contribution >= 4 is 35.4 Å². The van der Waals surface area contributed by atoms with Crippen molar-refractivity contribution < 1.29 is 121 Å². The number of carbonyl (C=O) groups excluding carboxylic acids is 4. The summed E-state index contributed by atoms with van der Waals surface area (Å²) in [7, 11) is 0. The van der Waals surface area contributed by atoms with Gasteiger partial charge in [0.1, 0.15) is 36.0 Å². The zero-order valence-electron chi connectivity index (χ0n) is 77.7. The van der Waals surface area contributed by atoms with Crippen molar-refractivity contribution in [2.24, 2.45) is 82.9 Å². The molecule has 0 aliphatic carbocycles. The van der Waals surface area contributed by atoms with Gasteiger partial charge in [0.15, 0.2) is 23.8 Å². The lowest BCUT2D eigenvalue weighted by Gasteiger charge is -2.54. The van der Waals surface area contributed by atoms with Crippen LogP contribution >= 0.6 is 0 Å². The van der Waals surface area contributed by atoms with Crippen LogP contribution in [0.2, 0.25) is 0 Å². The highest BCUT2D eigenvalue weighted by molar-refractivity contribution is 5.85. The van der Waals surface area contributed by atoms with E-state index in [2.05, 4.69) is 34.5 Å². The molecule has 8 saturated heterocycles.